The third-order valence-corrected chi connectivity index (χ3v) is 4.59. The molecule has 0 spiro atoms. The first kappa shape index (κ1) is 12.1. The second-order valence-corrected chi connectivity index (χ2v) is 5.92. The van der Waals surface area contributed by atoms with Gasteiger partial charge in [-0.15, -0.1) is 11.3 Å². The van der Waals surface area contributed by atoms with Crippen LogP contribution in [-0.2, 0) is 6.54 Å². The lowest BCUT2D eigenvalue weighted by atomic mass is 9.97. The first-order chi connectivity index (χ1) is 7.68. The Morgan fingerprint density at radius 3 is 3.00 bits per heavy atom. The van der Waals surface area contributed by atoms with Gasteiger partial charge in [-0.3, -0.25) is 4.90 Å². The van der Waals surface area contributed by atoms with E-state index in [9.17, 15) is 0 Å². The van der Waals surface area contributed by atoms with Gasteiger partial charge in [-0.2, -0.15) is 0 Å². The van der Waals surface area contributed by atoms with Crippen LogP contribution in [0, 0.1) is 6.92 Å². The monoisotopic (exact) mass is 238 g/mol. The SMILES string of the molecule is Cc1ccsc1CN1CCCCC1C(C)N. The maximum Gasteiger partial charge on any atom is 0.0334 e. The van der Waals surface area contributed by atoms with Crippen molar-refractivity contribution in [1.82, 2.24) is 4.90 Å². The first-order valence-electron chi connectivity index (χ1n) is 6.21. The number of aryl methyl sites for hydroxylation is 1. The Morgan fingerprint density at radius 2 is 2.38 bits per heavy atom. The Kier molecular flexibility index (Phi) is 4.00. The van der Waals surface area contributed by atoms with Crippen LogP contribution in [-0.4, -0.2) is 23.5 Å². The maximum atomic E-state index is 6.09. The molecule has 1 aliphatic rings. The summed E-state index contributed by atoms with van der Waals surface area (Å²) in [7, 11) is 0. The van der Waals surface area contributed by atoms with Crippen molar-refractivity contribution in [2.45, 2.75) is 51.7 Å². The van der Waals surface area contributed by atoms with E-state index in [0.29, 0.717) is 12.1 Å². The predicted molar refractivity (Wildman–Crippen MR) is 70.8 cm³/mol. The number of thiophene rings is 1. The van der Waals surface area contributed by atoms with Gasteiger partial charge in [0, 0.05) is 23.5 Å². The van der Waals surface area contributed by atoms with Crippen LogP contribution in [0.4, 0.5) is 0 Å². The molecule has 1 aromatic heterocycles. The second-order valence-electron chi connectivity index (χ2n) is 4.92. The fourth-order valence-corrected chi connectivity index (χ4v) is 3.49. The normalized spacial score (nSPS) is 24.6. The fraction of sp³-hybridized carbons (Fsp3) is 0.692. The quantitative estimate of drug-likeness (QED) is 0.877. The molecule has 0 aliphatic carbocycles. The molecule has 0 aromatic carbocycles. The topological polar surface area (TPSA) is 29.3 Å². The summed E-state index contributed by atoms with van der Waals surface area (Å²) in [6.07, 6.45) is 3.93. The van der Waals surface area contributed by atoms with Crippen molar-refractivity contribution in [3.63, 3.8) is 0 Å². The third-order valence-electron chi connectivity index (χ3n) is 3.59. The number of nitrogens with two attached hydrogens (primary N) is 1. The van der Waals surface area contributed by atoms with Gasteiger partial charge in [0.25, 0.3) is 0 Å². The molecule has 2 atom stereocenters. The largest absolute Gasteiger partial charge is 0.327 e. The Labute approximate surface area is 102 Å². The number of hydrogen-bond acceptors (Lipinski definition) is 3. The van der Waals surface area contributed by atoms with E-state index in [1.165, 1.54) is 36.2 Å². The van der Waals surface area contributed by atoms with Crippen LogP contribution in [0.25, 0.3) is 0 Å². The first-order valence-corrected chi connectivity index (χ1v) is 7.09. The maximum absolute atomic E-state index is 6.09. The second kappa shape index (κ2) is 5.30. The van der Waals surface area contributed by atoms with Crippen molar-refractivity contribution in [2.75, 3.05) is 6.54 Å². The fourth-order valence-electron chi connectivity index (χ4n) is 2.56. The molecular formula is C13H22N2S. The van der Waals surface area contributed by atoms with Crippen LogP contribution in [0.2, 0.25) is 0 Å². The lowest BCUT2D eigenvalue weighted by Gasteiger charge is -2.37. The van der Waals surface area contributed by atoms with Crippen molar-refractivity contribution in [2.24, 2.45) is 5.73 Å². The minimum Gasteiger partial charge on any atom is -0.327 e. The number of rotatable bonds is 3. The molecule has 0 amide bonds. The molecule has 1 aliphatic heterocycles. The van der Waals surface area contributed by atoms with Crippen LogP contribution in [0.1, 0.15) is 36.6 Å². The lowest BCUT2D eigenvalue weighted by Crippen LogP contribution is -2.48. The van der Waals surface area contributed by atoms with E-state index in [4.69, 9.17) is 5.73 Å². The molecule has 1 fully saturated rings. The zero-order valence-electron chi connectivity index (χ0n) is 10.3. The summed E-state index contributed by atoms with van der Waals surface area (Å²) in [5.74, 6) is 0. The van der Waals surface area contributed by atoms with Gasteiger partial charge in [0.15, 0.2) is 0 Å². The summed E-state index contributed by atoms with van der Waals surface area (Å²) in [4.78, 5) is 4.08. The van der Waals surface area contributed by atoms with Crippen molar-refractivity contribution in [1.29, 1.82) is 0 Å². The lowest BCUT2D eigenvalue weighted by molar-refractivity contribution is 0.124. The van der Waals surface area contributed by atoms with Gasteiger partial charge in [0.05, 0.1) is 0 Å². The van der Waals surface area contributed by atoms with Gasteiger partial charge in [0.2, 0.25) is 0 Å². The van der Waals surface area contributed by atoms with Crippen LogP contribution < -0.4 is 5.73 Å². The number of nitrogens with zero attached hydrogens (tertiary/aromatic N) is 1. The molecule has 2 nitrogen and oxygen atoms in total. The molecular weight excluding hydrogens is 216 g/mol. The highest BCUT2D eigenvalue weighted by Gasteiger charge is 2.25. The number of likely N-dealkylation sites (tertiary alicyclic amines) is 1. The van der Waals surface area contributed by atoms with Crippen molar-refractivity contribution in [3.05, 3.63) is 21.9 Å². The molecule has 0 bridgehead atoms. The molecule has 2 rings (SSSR count). The Hall–Kier alpha value is -0.380. The highest BCUT2D eigenvalue weighted by Crippen LogP contribution is 2.24. The summed E-state index contributed by atoms with van der Waals surface area (Å²) >= 11 is 1.87. The van der Waals surface area contributed by atoms with E-state index in [1.54, 1.807) is 0 Å². The standard InChI is InChI=1S/C13H22N2S/c1-10-6-8-16-13(10)9-15-7-4-3-5-12(15)11(2)14/h6,8,11-12H,3-5,7,9,14H2,1-2H3. The smallest absolute Gasteiger partial charge is 0.0334 e. The van der Waals surface area contributed by atoms with Crippen LogP contribution in [0.15, 0.2) is 11.4 Å². The Balaban J connectivity index is 2.04. The average Bonchev–Trinajstić information content (AvgIpc) is 2.65. The van der Waals surface area contributed by atoms with Crippen molar-refractivity contribution < 1.29 is 0 Å². The summed E-state index contributed by atoms with van der Waals surface area (Å²) in [6, 6.07) is 3.08. The molecule has 16 heavy (non-hydrogen) atoms. The molecule has 1 saturated heterocycles. The van der Waals surface area contributed by atoms with Crippen molar-refractivity contribution >= 4 is 11.3 Å². The highest BCUT2D eigenvalue weighted by atomic mass is 32.1. The molecule has 3 heteroatoms. The van der Waals surface area contributed by atoms with E-state index in [-0.39, 0.29) is 0 Å². The molecule has 2 N–H and O–H groups in total. The summed E-state index contributed by atoms with van der Waals surface area (Å²) in [5.41, 5.74) is 7.52. The molecule has 0 radical (unpaired) electrons. The summed E-state index contributed by atoms with van der Waals surface area (Å²) < 4.78 is 0. The van der Waals surface area contributed by atoms with E-state index >= 15 is 0 Å². The average molecular weight is 238 g/mol. The molecule has 0 saturated carbocycles. The molecule has 90 valence electrons. The van der Waals surface area contributed by atoms with Gasteiger partial charge >= 0.3 is 0 Å². The van der Waals surface area contributed by atoms with Gasteiger partial charge in [-0.25, -0.2) is 0 Å². The van der Waals surface area contributed by atoms with E-state index in [0.717, 1.165) is 6.54 Å². The zero-order valence-corrected chi connectivity index (χ0v) is 11.1. The van der Waals surface area contributed by atoms with Crippen LogP contribution >= 0.6 is 11.3 Å². The molecule has 2 heterocycles. The minimum atomic E-state index is 0.292. The Morgan fingerprint density at radius 1 is 1.56 bits per heavy atom. The van der Waals surface area contributed by atoms with Crippen molar-refractivity contribution in [3.8, 4) is 0 Å². The van der Waals surface area contributed by atoms with Gasteiger partial charge in [-0.05, 0) is 50.2 Å². The van der Waals surface area contributed by atoms with E-state index in [1.807, 2.05) is 11.3 Å². The summed E-state index contributed by atoms with van der Waals surface area (Å²) in [5, 5.41) is 2.19. The predicted octanol–water partition coefficient (Wildman–Crippen LogP) is 2.76. The number of hydrogen-bond donors (Lipinski definition) is 1. The molecule has 2 unspecified atom stereocenters. The van der Waals surface area contributed by atoms with Crippen LogP contribution in [0.5, 0.6) is 0 Å². The zero-order chi connectivity index (χ0) is 11.5. The van der Waals surface area contributed by atoms with E-state index < -0.39 is 0 Å². The molecule has 1 aromatic rings. The Bertz CT molecular complexity index is 332. The number of piperidine rings is 1. The minimum absolute atomic E-state index is 0.292. The highest BCUT2D eigenvalue weighted by molar-refractivity contribution is 7.10. The van der Waals surface area contributed by atoms with Crippen LogP contribution in [0.3, 0.4) is 0 Å². The van der Waals surface area contributed by atoms with Gasteiger partial charge in [-0.1, -0.05) is 6.42 Å². The van der Waals surface area contributed by atoms with Gasteiger partial charge < -0.3 is 5.73 Å². The van der Waals surface area contributed by atoms with E-state index in [2.05, 4.69) is 30.2 Å². The summed E-state index contributed by atoms with van der Waals surface area (Å²) in [6.45, 7) is 6.65. The van der Waals surface area contributed by atoms with Gasteiger partial charge in [0.1, 0.15) is 0 Å². The third kappa shape index (κ3) is 2.65.